The van der Waals surface area contributed by atoms with Crippen molar-refractivity contribution in [3.63, 3.8) is 0 Å². The van der Waals surface area contributed by atoms with Crippen LogP contribution in [0.25, 0.3) is 43.4 Å². The molecule has 1 aliphatic rings. The molecule has 0 aliphatic carbocycles. The minimum absolute atomic E-state index is 0.409. The van der Waals surface area contributed by atoms with Crippen LogP contribution in [-0.4, -0.2) is 11.2 Å². The van der Waals surface area contributed by atoms with Crippen molar-refractivity contribution in [3.8, 4) is 11.1 Å². The molecule has 0 bridgehead atoms. The van der Waals surface area contributed by atoms with E-state index >= 15 is 0 Å². The van der Waals surface area contributed by atoms with Crippen LogP contribution in [0.5, 0.6) is 0 Å². The Kier molecular flexibility index (Phi) is 4.32. The molecular weight excluding hydrogens is 406 g/mol. The van der Waals surface area contributed by atoms with Crippen LogP contribution in [0.15, 0.2) is 91.0 Å². The van der Waals surface area contributed by atoms with E-state index in [1.165, 1.54) is 37.9 Å². The molecule has 164 valence electrons. The van der Waals surface area contributed by atoms with E-state index in [9.17, 15) is 0 Å². The van der Waals surface area contributed by atoms with E-state index in [0.29, 0.717) is 0 Å². The Labute approximate surface area is 194 Å². The number of anilines is 1. The number of benzene rings is 5. The average molecular weight is 434 g/mol. The smallest absolute Gasteiger partial charge is 0.124 e. The van der Waals surface area contributed by atoms with Crippen molar-refractivity contribution in [2.75, 3.05) is 5.23 Å². The van der Waals surface area contributed by atoms with Crippen molar-refractivity contribution < 1.29 is 9.68 Å². The lowest BCUT2D eigenvalue weighted by Crippen LogP contribution is -2.41. The van der Waals surface area contributed by atoms with E-state index in [2.05, 4.69) is 91.0 Å². The largest absolute Gasteiger partial charge is 0.239 e. The first-order valence-electron chi connectivity index (χ1n) is 11.5. The van der Waals surface area contributed by atoms with Crippen LogP contribution in [-0.2, 0) is 9.68 Å². The lowest BCUT2D eigenvalue weighted by atomic mass is 9.90. The van der Waals surface area contributed by atoms with Crippen molar-refractivity contribution in [1.82, 2.24) is 0 Å². The fraction of sp³-hybridized carbons (Fsp3) is 0.200. The van der Waals surface area contributed by atoms with Gasteiger partial charge in [-0.25, -0.2) is 9.68 Å². The summed E-state index contributed by atoms with van der Waals surface area (Å²) in [6.45, 7) is 8.18. The van der Waals surface area contributed by atoms with E-state index in [4.69, 9.17) is 9.68 Å². The van der Waals surface area contributed by atoms with E-state index < -0.39 is 11.2 Å². The van der Waals surface area contributed by atoms with Gasteiger partial charge in [0.25, 0.3) is 0 Å². The molecule has 0 atom stereocenters. The molecule has 1 aliphatic heterocycles. The molecular formula is C30H27NO2. The summed E-state index contributed by atoms with van der Waals surface area (Å²) in [6, 6.07) is 32.5. The molecule has 6 rings (SSSR count). The minimum atomic E-state index is -0.409. The van der Waals surface area contributed by atoms with Gasteiger partial charge in [0.05, 0.1) is 5.69 Å². The molecule has 33 heavy (non-hydrogen) atoms. The molecule has 0 unspecified atom stereocenters. The summed E-state index contributed by atoms with van der Waals surface area (Å²) in [5, 5.41) is 9.28. The second-order valence-corrected chi connectivity index (χ2v) is 9.86. The van der Waals surface area contributed by atoms with Gasteiger partial charge in [0.1, 0.15) is 11.2 Å². The van der Waals surface area contributed by atoms with Crippen LogP contribution in [0.2, 0.25) is 0 Å². The van der Waals surface area contributed by atoms with E-state index in [0.717, 1.165) is 11.3 Å². The van der Waals surface area contributed by atoms with Gasteiger partial charge in [0.15, 0.2) is 0 Å². The van der Waals surface area contributed by atoms with Gasteiger partial charge >= 0.3 is 0 Å². The van der Waals surface area contributed by atoms with Crippen molar-refractivity contribution in [1.29, 1.82) is 0 Å². The van der Waals surface area contributed by atoms with Crippen LogP contribution in [0, 0.1) is 0 Å². The van der Waals surface area contributed by atoms with Crippen LogP contribution in [0.4, 0.5) is 5.69 Å². The quantitative estimate of drug-likeness (QED) is 0.263. The molecule has 0 amide bonds. The first kappa shape index (κ1) is 20.2. The molecule has 5 aromatic carbocycles. The lowest BCUT2D eigenvalue weighted by molar-refractivity contribution is -0.0272. The van der Waals surface area contributed by atoms with Gasteiger partial charge in [-0.3, -0.25) is 0 Å². The van der Waals surface area contributed by atoms with Gasteiger partial charge in [-0.2, -0.15) is 0 Å². The zero-order valence-corrected chi connectivity index (χ0v) is 19.4. The molecule has 1 heterocycles. The Morgan fingerprint density at radius 3 is 1.42 bits per heavy atom. The monoisotopic (exact) mass is 433 g/mol. The predicted molar refractivity (Wildman–Crippen MR) is 137 cm³/mol. The van der Waals surface area contributed by atoms with Gasteiger partial charge < -0.3 is 0 Å². The van der Waals surface area contributed by atoms with E-state index in [1.54, 1.807) is 5.23 Å². The van der Waals surface area contributed by atoms with Gasteiger partial charge in [-0.15, -0.1) is 5.23 Å². The molecule has 0 spiro atoms. The van der Waals surface area contributed by atoms with Gasteiger partial charge in [-0.1, -0.05) is 72.8 Å². The average Bonchev–Trinajstić information content (AvgIpc) is 3.06. The topological polar surface area (TPSA) is 21.7 Å². The zero-order valence-electron chi connectivity index (χ0n) is 19.4. The summed E-state index contributed by atoms with van der Waals surface area (Å²) in [6.07, 6.45) is 0. The van der Waals surface area contributed by atoms with E-state index in [1.807, 2.05) is 27.7 Å². The highest BCUT2D eigenvalue weighted by molar-refractivity contribution is 6.25. The molecule has 0 radical (unpaired) electrons. The fourth-order valence-corrected chi connectivity index (χ4v) is 4.62. The summed E-state index contributed by atoms with van der Waals surface area (Å²) in [4.78, 5) is 12.1. The van der Waals surface area contributed by atoms with E-state index in [-0.39, 0.29) is 0 Å². The third-order valence-electron chi connectivity index (χ3n) is 7.23. The van der Waals surface area contributed by atoms with Crippen LogP contribution in [0.3, 0.4) is 0 Å². The summed E-state index contributed by atoms with van der Waals surface area (Å²) in [5.74, 6) is 0. The predicted octanol–water partition coefficient (Wildman–Crippen LogP) is 8.05. The minimum Gasteiger partial charge on any atom is -0.239 e. The second kappa shape index (κ2) is 7.05. The Balaban J connectivity index is 1.44. The maximum atomic E-state index is 6.05. The van der Waals surface area contributed by atoms with Crippen LogP contribution < -0.4 is 5.23 Å². The third kappa shape index (κ3) is 3.12. The first-order valence-corrected chi connectivity index (χ1v) is 11.5. The Morgan fingerprint density at radius 1 is 0.485 bits per heavy atom. The molecule has 0 N–H and O–H groups in total. The van der Waals surface area contributed by atoms with Crippen molar-refractivity contribution in [2.24, 2.45) is 0 Å². The highest BCUT2D eigenvalue weighted by Gasteiger charge is 2.50. The van der Waals surface area contributed by atoms with Crippen molar-refractivity contribution >= 4 is 38.0 Å². The van der Waals surface area contributed by atoms with Crippen molar-refractivity contribution in [2.45, 2.75) is 38.9 Å². The molecule has 1 fully saturated rings. The molecule has 0 saturated carbocycles. The normalized spacial score (nSPS) is 17.3. The third-order valence-corrected chi connectivity index (χ3v) is 7.23. The second-order valence-electron chi connectivity index (χ2n) is 9.86. The Hall–Kier alpha value is -3.40. The van der Waals surface area contributed by atoms with Crippen LogP contribution in [0.1, 0.15) is 27.7 Å². The lowest BCUT2D eigenvalue weighted by Gasteiger charge is -2.26. The molecule has 3 heteroatoms. The maximum Gasteiger partial charge on any atom is 0.124 e. The number of hydrogen-bond donors (Lipinski definition) is 0. The summed E-state index contributed by atoms with van der Waals surface area (Å²) in [5.41, 5.74) is 2.42. The Morgan fingerprint density at radius 2 is 0.909 bits per heavy atom. The molecule has 3 nitrogen and oxygen atoms in total. The number of nitrogens with zero attached hydrogens (tertiary/aromatic N) is 1. The van der Waals surface area contributed by atoms with Gasteiger partial charge in [0.2, 0.25) is 0 Å². The zero-order chi connectivity index (χ0) is 22.8. The van der Waals surface area contributed by atoms with Gasteiger partial charge in [0, 0.05) is 0 Å². The van der Waals surface area contributed by atoms with Gasteiger partial charge in [-0.05, 0) is 89.3 Å². The van der Waals surface area contributed by atoms with Crippen LogP contribution >= 0.6 is 0 Å². The number of hydrogen-bond acceptors (Lipinski definition) is 3. The number of rotatable bonds is 2. The maximum absolute atomic E-state index is 6.05. The molecule has 1 saturated heterocycles. The SMILES string of the molecule is CC1(C)ON(c2ccc(-c3ccc4c5ccccc5c5ccccc5c4c3)cc2)OC1(C)C. The number of fused-ring (bicyclic) bond motifs is 6. The standard InChI is InChI=1S/C30H27NO2/c1-29(2)30(3,4)33-31(32-29)22-16-13-20(14-17-22)21-15-18-27-25-11-6-5-9-23(25)24-10-7-8-12-26(24)28(27)19-21/h5-19H,1-4H3. The summed E-state index contributed by atoms with van der Waals surface area (Å²) in [7, 11) is 0. The fourth-order valence-electron chi connectivity index (χ4n) is 4.62. The first-order chi connectivity index (χ1) is 15.8. The van der Waals surface area contributed by atoms with Crippen molar-refractivity contribution in [3.05, 3.63) is 91.0 Å². The molecule has 5 aromatic rings. The summed E-state index contributed by atoms with van der Waals surface area (Å²) < 4.78 is 0. The highest BCUT2D eigenvalue weighted by atomic mass is 17.0. The molecule has 0 aromatic heterocycles. The highest BCUT2D eigenvalue weighted by Crippen LogP contribution is 2.41. The summed E-state index contributed by atoms with van der Waals surface area (Å²) >= 11 is 0. The Bertz CT molecular complexity index is 1460.